The minimum absolute atomic E-state index is 0.100. The molecule has 0 atom stereocenters. The number of nitrogens with two attached hydrogens (primary N) is 1. The smallest absolute Gasteiger partial charge is 0.328 e. The summed E-state index contributed by atoms with van der Waals surface area (Å²) in [6, 6.07) is 17.1. The topological polar surface area (TPSA) is 79.5 Å². The monoisotopic (exact) mass is 323 g/mol. The molecule has 0 aliphatic carbocycles. The Morgan fingerprint density at radius 1 is 0.833 bits per heavy atom. The van der Waals surface area contributed by atoms with E-state index in [1.807, 2.05) is 42.5 Å². The highest BCUT2D eigenvalue weighted by Gasteiger charge is 2.12. The Morgan fingerprint density at radius 3 is 2.12 bits per heavy atom. The molecule has 6 nitrogen and oxygen atoms in total. The lowest BCUT2D eigenvalue weighted by Gasteiger charge is -2.12. The van der Waals surface area contributed by atoms with Gasteiger partial charge in [-0.25, -0.2) is 0 Å². The molecule has 2 N–H and O–H groups in total. The maximum Gasteiger partial charge on any atom is 0.328 e. The van der Waals surface area contributed by atoms with E-state index in [2.05, 4.69) is 9.97 Å². The quantitative estimate of drug-likeness (QED) is 0.724. The Hall–Kier alpha value is -3.28. The number of nitrogen functional groups attached to an aromatic ring is 1. The standard InChI is InChI=1S/C18H17N3O3/c1-22-15-11-16(23-2)21-18(20-15)24-14-10-6-9-13(17(14)19)12-7-4-3-5-8-12/h3-11H,19H2,1-2H3. The average Bonchev–Trinajstić information content (AvgIpc) is 2.64. The zero-order valence-corrected chi connectivity index (χ0v) is 13.4. The zero-order chi connectivity index (χ0) is 16.9. The predicted octanol–water partition coefficient (Wildman–Crippen LogP) is 3.54. The second kappa shape index (κ2) is 6.87. The minimum atomic E-state index is 0.100. The molecule has 0 spiro atoms. The van der Waals surface area contributed by atoms with Crippen LogP contribution in [0.25, 0.3) is 11.1 Å². The van der Waals surface area contributed by atoms with Crippen LogP contribution >= 0.6 is 0 Å². The Kier molecular flexibility index (Phi) is 4.47. The van der Waals surface area contributed by atoms with Gasteiger partial charge >= 0.3 is 6.01 Å². The average molecular weight is 323 g/mol. The fourth-order valence-corrected chi connectivity index (χ4v) is 2.24. The number of methoxy groups -OCH3 is 2. The third-order valence-electron chi connectivity index (χ3n) is 3.43. The lowest BCUT2D eigenvalue weighted by atomic mass is 10.0. The van der Waals surface area contributed by atoms with E-state index < -0.39 is 0 Å². The highest BCUT2D eigenvalue weighted by molar-refractivity contribution is 5.80. The third-order valence-corrected chi connectivity index (χ3v) is 3.43. The summed E-state index contributed by atoms with van der Waals surface area (Å²) in [7, 11) is 3.02. The molecular formula is C18H17N3O3. The van der Waals surface area contributed by atoms with Crippen molar-refractivity contribution in [1.29, 1.82) is 0 Å². The van der Waals surface area contributed by atoms with Crippen LogP contribution in [0.4, 0.5) is 5.69 Å². The summed E-state index contributed by atoms with van der Waals surface area (Å²) >= 11 is 0. The molecule has 122 valence electrons. The summed E-state index contributed by atoms with van der Waals surface area (Å²) in [6.07, 6.45) is 0. The number of aromatic nitrogens is 2. The van der Waals surface area contributed by atoms with Gasteiger partial charge in [0.2, 0.25) is 11.8 Å². The number of hydrogen-bond donors (Lipinski definition) is 1. The van der Waals surface area contributed by atoms with Crippen LogP contribution in [0.15, 0.2) is 54.6 Å². The second-order valence-electron chi connectivity index (χ2n) is 4.92. The Morgan fingerprint density at radius 2 is 1.50 bits per heavy atom. The van der Waals surface area contributed by atoms with Gasteiger partial charge in [0.15, 0.2) is 5.75 Å². The normalized spacial score (nSPS) is 10.2. The molecule has 0 aliphatic rings. The molecule has 3 rings (SSSR count). The summed E-state index contributed by atoms with van der Waals surface area (Å²) in [6.45, 7) is 0. The molecule has 1 heterocycles. The molecule has 3 aromatic rings. The van der Waals surface area contributed by atoms with Crippen molar-refractivity contribution >= 4 is 5.69 Å². The Balaban J connectivity index is 1.97. The molecule has 0 radical (unpaired) electrons. The van der Waals surface area contributed by atoms with Gasteiger partial charge in [0.25, 0.3) is 0 Å². The van der Waals surface area contributed by atoms with E-state index in [-0.39, 0.29) is 6.01 Å². The van der Waals surface area contributed by atoms with Gasteiger partial charge in [0.05, 0.1) is 26.0 Å². The van der Waals surface area contributed by atoms with Gasteiger partial charge < -0.3 is 19.9 Å². The molecule has 0 aliphatic heterocycles. The number of para-hydroxylation sites is 1. The van der Waals surface area contributed by atoms with Crippen LogP contribution in [0.1, 0.15) is 0 Å². The van der Waals surface area contributed by atoms with Gasteiger partial charge in [0.1, 0.15) is 0 Å². The van der Waals surface area contributed by atoms with Crippen LogP contribution in [-0.4, -0.2) is 24.2 Å². The van der Waals surface area contributed by atoms with Gasteiger partial charge in [-0.05, 0) is 11.6 Å². The predicted molar refractivity (Wildman–Crippen MR) is 91.5 cm³/mol. The summed E-state index contributed by atoms with van der Waals surface area (Å²) in [5.41, 5.74) is 8.65. The third kappa shape index (κ3) is 3.22. The lowest BCUT2D eigenvalue weighted by Crippen LogP contribution is -2.00. The lowest BCUT2D eigenvalue weighted by molar-refractivity contribution is 0.348. The van der Waals surface area contributed by atoms with Crippen molar-refractivity contribution in [2.75, 3.05) is 20.0 Å². The zero-order valence-electron chi connectivity index (χ0n) is 13.4. The number of anilines is 1. The van der Waals surface area contributed by atoms with Crippen molar-refractivity contribution in [2.24, 2.45) is 0 Å². The van der Waals surface area contributed by atoms with Crippen molar-refractivity contribution in [3.63, 3.8) is 0 Å². The van der Waals surface area contributed by atoms with Gasteiger partial charge in [-0.3, -0.25) is 0 Å². The van der Waals surface area contributed by atoms with E-state index in [0.717, 1.165) is 11.1 Å². The molecule has 1 aromatic heterocycles. The van der Waals surface area contributed by atoms with Gasteiger partial charge in [-0.1, -0.05) is 42.5 Å². The van der Waals surface area contributed by atoms with Crippen molar-refractivity contribution in [3.05, 3.63) is 54.6 Å². The van der Waals surface area contributed by atoms with Gasteiger partial charge in [0, 0.05) is 5.56 Å². The Bertz CT molecular complexity index is 816. The van der Waals surface area contributed by atoms with Crippen molar-refractivity contribution in [1.82, 2.24) is 9.97 Å². The minimum Gasteiger partial charge on any atom is -0.481 e. The number of ether oxygens (including phenoxy) is 3. The second-order valence-corrected chi connectivity index (χ2v) is 4.92. The molecule has 0 unspecified atom stereocenters. The molecule has 0 saturated carbocycles. The SMILES string of the molecule is COc1cc(OC)nc(Oc2cccc(-c3ccccc3)c2N)n1. The van der Waals surface area contributed by atoms with Crippen LogP contribution in [-0.2, 0) is 0 Å². The van der Waals surface area contributed by atoms with Crippen LogP contribution in [0.3, 0.4) is 0 Å². The van der Waals surface area contributed by atoms with Gasteiger partial charge in [-0.15, -0.1) is 0 Å². The van der Waals surface area contributed by atoms with E-state index in [4.69, 9.17) is 19.9 Å². The molecule has 0 bridgehead atoms. The van der Waals surface area contributed by atoms with Crippen molar-refractivity contribution < 1.29 is 14.2 Å². The van der Waals surface area contributed by atoms with Crippen LogP contribution in [0, 0.1) is 0 Å². The summed E-state index contributed by atoms with van der Waals surface area (Å²) < 4.78 is 16.0. The molecule has 0 saturated heterocycles. The molecule has 2 aromatic carbocycles. The highest BCUT2D eigenvalue weighted by atomic mass is 16.5. The maximum atomic E-state index is 6.26. The van der Waals surface area contributed by atoms with E-state index in [1.54, 1.807) is 12.1 Å². The van der Waals surface area contributed by atoms with Crippen molar-refractivity contribution in [3.8, 4) is 34.6 Å². The number of nitrogens with zero attached hydrogens (tertiary/aromatic N) is 2. The van der Waals surface area contributed by atoms with E-state index in [0.29, 0.717) is 23.2 Å². The Labute approximate surface area is 139 Å². The largest absolute Gasteiger partial charge is 0.481 e. The van der Waals surface area contributed by atoms with Crippen LogP contribution < -0.4 is 19.9 Å². The van der Waals surface area contributed by atoms with E-state index in [1.165, 1.54) is 14.2 Å². The van der Waals surface area contributed by atoms with Crippen LogP contribution in [0.5, 0.6) is 23.5 Å². The number of benzene rings is 2. The van der Waals surface area contributed by atoms with E-state index in [9.17, 15) is 0 Å². The van der Waals surface area contributed by atoms with Crippen molar-refractivity contribution in [2.45, 2.75) is 0 Å². The maximum absolute atomic E-state index is 6.26. The molecule has 0 fully saturated rings. The fraction of sp³-hybridized carbons (Fsp3) is 0.111. The summed E-state index contributed by atoms with van der Waals surface area (Å²) in [5, 5.41) is 0. The summed E-state index contributed by atoms with van der Waals surface area (Å²) in [4.78, 5) is 8.30. The molecule has 6 heteroatoms. The molecule has 0 amide bonds. The first-order valence-electron chi connectivity index (χ1n) is 7.30. The summed E-state index contributed by atoms with van der Waals surface area (Å²) in [5.74, 6) is 1.15. The molecule has 24 heavy (non-hydrogen) atoms. The van der Waals surface area contributed by atoms with Gasteiger partial charge in [-0.2, -0.15) is 9.97 Å². The molecular weight excluding hydrogens is 306 g/mol. The first kappa shape index (κ1) is 15.6. The number of hydrogen-bond acceptors (Lipinski definition) is 6. The number of rotatable bonds is 5. The first-order valence-corrected chi connectivity index (χ1v) is 7.30. The van der Waals surface area contributed by atoms with Crippen LogP contribution in [0.2, 0.25) is 0 Å². The highest BCUT2D eigenvalue weighted by Crippen LogP contribution is 2.35. The fourth-order valence-electron chi connectivity index (χ4n) is 2.24. The van der Waals surface area contributed by atoms with E-state index >= 15 is 0 Å². The first-order chi connectivity index (χ1) is 11.7.